The first-order valence-corrected chi connectivity index (χ1v) is 9.97. The maximum Gasteiger partial charge on any atom is 0.251 e. The van der Waals surface area contributed by atoms with Crippen LogP contribution in [-0.2, 0) is 19.5 Å². The summed E-state index contributed by atoms with van der Waals surface area (Å²) < 4.78 is 2.05. The summed E-state index contributed by atoms with van der Waals surface area (Å²) >= 11 is 0. The van der Waals surface area contributed by atoms with Gasteiger partial charge in [-0.1, -0.05) is 36.4 Å². The summed E-state index contributed by atoms with van der Waals surface area (Å²) in [6.45, 7) is 2.21. The SMILES string of the molecule is CN=C(NCCc1cccc(C(=O)NC)c1)NCc1cccc(Cn2ccnc2)c1. The summed E-state index contributed by atoms with van der Waals surface area (Å²) in [5.74, 6) is 0.676. The van der Waals surface area contributed by atoms with Gasteiger partial charge in [0.1, 0.15) is 0 Å². The Morgan fingerprint density at radius 3 is 2.63 bits per heavy atom. The molecule has 1 aromatic heterocycles. The van der Waals surface area contributed by atoms with Gasteiger partial charge in [-0.2, -0.15) is 0 Å². The van der Waals surface area contributed by atoms with Crippen LogP contribution < -0.4 is 16.0 Å². The number of nitrogens with one attached hydrogen (secondary N) is 3. The number of imidazole rings is 1. The second-order valence-electron chi connectivity index (χ2n) is 6.94. The van der Waals surface area contributed by atoms with Crippen molar-refractivity contribution in [3.05, 3.63) is 89.5 Å². The lowest BCUT2D eigenvalue weighted by Gasteiger charge is -2.13. The molecule has 0 spiro atoms. The molecule has 0 saturated carbocycles. The van der Waals surface area contributed by atoms with E-state index in [1.807, 2.05) is 41.4 Å². The molecule has 0 aliphatic rings. The third-order valence-electron chi connectivity index (χ3n) is 4.72. The number of nitrogens with zero attached hydrogens (tertiary/aromatic N) is 3. The average molecular weight is 405 g/mol. The Labute approximate surface area is 177 Å². The Bertz CT molecular complexity index is 981. The Morgan fingerprint density at radius 1 is 1.07 bits per heavy atom. The molecule has 2 aromatic carbocycles. The number of hydrogen-bond donors (Lipinski definition) is 3. The van der Waals surface area contributed by atoms with Crippen LogP contribution in [-0.4, -0.2) is 42.1 Å². The minimum Gasteiger partial charge on any atom is -0.356 e. The molecule has 0 aliphatic heterocycles. The van der Waals surface area contributed by atoms with Gasteiger partial charge in [0.05, 0.1) is 6.33 Å². The molecule has 7 heteroatoms. The molecular formula is C23H28N6O. The summed E-state index contributed by atoms with van der Waals surface area (Å²) in [5.41, 5.74) is 4.19. The van der Waals surface area contributed by atoms with Crippen molar-refractivity contribution in [2.75, 3.05) is 20.6 Å². The van der Waals surface area contributed by atoms with E-state index in [4.69, 9.17) is 0 Å². The maximum atomic E-state index is 11.8. The van der Waals surface area contributed by atoms with Crippen molar-refractivity contribution < 1.29 is 4.79 Å². The Kier molecular flexibility index (Phi) is 7.60. The van der Waals surface area contributed by atoms with Gasteiger partial charge in [-0.25, -0.2) is 4.98 Å². The molecular weight excluding hydrogens is 376 g/mol. The van der Waals surface area contributed by atoms with Crippen LogP contribution in [0.3, 0.4) is 0 Å². The van der Waals surface area contributed by atoms with Gasteiger partial charge in [0.15, 0.2) is 5.96 Å². The predicted molar refractivity (Wildman–Crippen MR) is 120 cm³/mol. The van der Waals surface area contributed by atoms with E-state index < -0.39 is 0 Å². The summed E-state index contributed by atoms with van der Waals surface area (Å²) in [5, 5.41) is 9.33. The number of aliphatic imine (C=N–C) groups is 1. The first-order valence-electron chi connectivity index (χ1n) is 9.97. The van der Waals surface area contributed by atoms with E-state index in [2.05, 4.69) is 50.2 Å². The Hall–Kier alpha value is -3.61. The van der Waals surface area contributed by atoms with Gasteiger partial charge in [-0.05, 0) is 35.2 Å². The van der Waals surface area contributed by atoms with Crippen molar-refractivity contribution >= 4 is 11.9 Å². The van der Waals surface area contributed by atoms with Gasteiger partial charge in [0.2, 0.25) is 0 Å². The number of rotatable bonds is 8. The average Bonchev–Trinajstić information content (AvgIpc) is 3.29. The van der Waals surface area contributed by atoms with E-state index in [1.54, 1.807) is 20.3 Å². The third-order valence-corrected chi connectivity index (χ3v) is 4.72. The zero-order valence-electron chi connectivity index (χ0n) is 17.4. The second-order valence-corrected chi connectivity index (χ2v) is 6.94. The smallest absolute Gasteiger partial charge is 0.251 e. The monoisotopic (exact) mass is 404 g/mol. The van der Waals surface area contributed by atoms with Crippen LogP contribution >= 0.6 is 0 Å². The quantitative estimate of drug-likeness (QED) is 0.397. The number of guanidine groups is 1. The lowest BCUT2D eigenvalue weighted by molar-refractivity contribution is 0.0963. The molecule has 30 heavy (non-hydrogen) atoms. The molecule has 0 unspecified atom stereocenters. The largest absolute Gasteiger partial charge is 0.356 e. The van der Waals surface area contributed by atoms with Crippen LogP contribution in [0.2, 0.25) is 0 Å². The zero-order valence-corrected chi connectivity index (χ0v) is 17.4. The van der Waals surface area contributed by atoms with Gasteiger partial charge in [0.25, 0.3) is 5.91 Å². The molecule has 0 saturated heterocycles. The predicted octanol–water partition coefficient (Wildman–Crippen LogP) is 2.20. The summed E-state index contributed by atoms with van der Waals surface area (Å²) in [7, 11) is 3.40. The summed E-state index contributed by atoms with van der Waals surface area (Å²) in [6.07, 6.45) is 6.36. The topological polar surface area (TPSA) is 83.3 Å². The van der Waals surface area contributed by atoms with E-state index in [0.29, 0.717) is 12.1 Å². The number of aromatic nitrogens is 2. The zero-order chi connectivity index (χ0) is 21.2. The molecule has 0 radical (unpaired) electrons. The van der Waals surface area contributed by atoms with E-state index in [9.17, 15) is 4.79 Å². The fourth-order valence-electron chi connectivity index (χ4n) is 3.17. The van der Waals surface area contributed by atoms with Crippen molar-refractivity contribution in [1.29, 1.82) is 0 Å². The third kappa shape index (κ3) is 6.20. The molecule has 0 bridgehead atoms. The molecule has 0 fully saturated rings. The van der Waals surface area contributed by atoms with Crippen LogP contribution in [0, 0.1) is 0 Å². The molecule has 0 atom stereocenters. The fraction of sp³-hybridized carbons (Fsp3) is 0.261. The number of carbonyl (C=O) groups excluding carboxylic acids is 1. The normalized spacial score (nSPS) is 11.2. The highest BCUT2D eigenvalue weighted by molar-refractivity contribution is 5.94. The standard InChI is InChI=1S/C23H28N6O/c1-24-22(30)21-8-4-5-18(14-21)9-10-27-23(25-2)28-15-19-6-3-7-20(13-19)16-29-12-11-26-17-29/h3-8,11-14,17H,9-10,15-16H2,1-2H3,(H,24,30)(H2,25,27,28). The number of benzene rings is 2. The van der Waals surface area contributed by atoms with Crippen LogP contribution in [0.4, 0.5) is 0 Å². The second kappa shape index (κ2) is 10.8. The first kappa shape index (κ1) is 21.1. The van der Waals surface area contributed by atoms with Crippen molar-refractivity contribution in [3.8, 4) is 0 Å². The van der Waals surface area contributed by atoms with Crippen LogP contribution in [0.25, 0.3) is 0 Å². The van der Waals surface area contributed by atoms with E-state index in [-0.39, 0.29) is 5.91 Å². The molecule has 1 amide bonds. The fourth-order valence-corrected chi connectivity index (χ4v) is 3.17. The molecule has 7 nitrogen and oxygen atoms in total. The highest BCUT2D eigenvalue weighted by Crippen LogP contribution is 2.08. The molecule has 0 aliphatic carbocycles. The van der Waals surface area contributed by atoms with Crippen molar-refractivity contribution in [2.45, 2.75) is 19.5 Å². The summed E-state index contributed by atoms with van der Waals surface area (Å²) in [4.78, 5) is 20.1. The molecule has 3 rings (SSSR count). The molecule has 1 heterocycles. The van der Waals surface area contributed by atoms with Crippen molar-refractivity contribution in [2.24, 2.45) is 4.99 Å². The maximum absolute atomic E-state index is 11.8. The van der Waals surface area contributed by atoms with E-state index >= 15 is 0 Å². The van der Waals surface area contributed by atoms with Crippen LogP contribution in [0.15, 0.2) is 72.2 Å². The van der Waals surface area contributed by atoms with Crippen molar-refractivity contribution in [3.63, 3.8) is 0 Å². The molecule has 156 valence electrons. The number of carbonyl (C=O) groups is 1. The number of hydrogen-bond acceptors (Lipinski definition) is 3. The Balaban J connectivity index is 1.48. The van der Waals surface area contributed by atoms with Crippen molar-refractivity contribution in [1.82, 2.24) is 25.5 Å². The van der Waals surface area contributed by atoms with Gasteiger partial charge >= 0.3 is 0 Å². The van der Waals surface area contributed by atoms with Gasteiger partial charge in [-0.15, -0.1) is 0 Å². The van der Waals surface area contributed by atoms with E-state index in [1.165, 1.54) is 11.1 Å². The lowest BCUT2D eigenvalue weighted by atomic mass is 10.1. The van der Waals surface area contributed by atoms with Crippen LogP contribution in [0.5, 0.6) is 0 Å². The molecule has 3 aromatic rings. The van der Waals surface area contributed by atoms with Gasteiger partial charge in [0, 0.05) is 51.7 Å². The number of amides is 1. The highest BCUT2D eigenvalue weighted by Gasteiger charge is 2.04. The van der Waals surface area contributed by atoms with Crippen LogP contribution in [0.1, 0.15) is 27.0 Å². The first-order chi connectivity index (χ1) is 14.7. The lowest BCUT2D eigenvalue weighted by Crippen LogP contribution is -2.37. The highest BCUT2D eigenvalue weighted by atomic mass is 16.1. The van der Waals surface area contributed by atoms with Gasteiger partial charge < -0.3 is 20.5 Å². The molecule has 3 N–H and O–H groups in total. The minimum atomic E-state index is -0.0717. The summed E-state index contributed by atoms with van der Waals surface area (Å²) in [6, 6.07) is 16.1. The van der Waals surface area contributed by atoms with Gasteiger partial charge in [-0.3, -0.25) is 9.79 Å². The minimum absolute atomic E-state index is 0.0717. The van der Waals surface area contributed by atoms with E-state index in [0.717, 1.165) is 31.0 Å². The Morgan fingerprint density at radius 2 is 1.87 bits per heavy atom.